The molecule has 0 aliphatic carbocycles. The summed E-state index contributed by atoms with van der Waals surface area (Å²) in [4.78, 5) is 20.7. The minimum Gasteiger partial charge on any atom is -0.366 e. The van der Waals surface area contributed by atoms with Crippen molar-refractivity contribution < 1.29 is 4.79 Å². The molecule has 0 saturated carbocycles. The van der Waals surface area contributed by atoms with Gasteiger partial charge in [0.25, 0.3) is 5.78 Å². The fourth-order valence-electron chi connectivity index (χ4n) is 2.61. The number of nitrogens with zero attached hydrogens (tertiary/aromatic N) is 4. The first-order chi connectivity index (χ1) is 11.4. The van der Waals surface area contributed by atoms with Crippen molar-refractivity contribution in [3.05, 3.63) is 52.3 Å². The quantitative estimate of drug-likeness (QED) is 0.757. The lowest BCUT2D eigenvalue weighted by atomic mass is 10.1. The van der Waals surface area contributed by atoms with Crippen LogP contribution in [0.4, 0.5) is 5.95 Å². The van der Waals surface area contributed by atoms with E-state index in [1.165, 1.54) is 5.56 Å². The molecule has 0 atom stereocenters. The molecule has 0 unspecified atom stereocenters. The number of rotatable bonds is 4. The molecule has 0 aliphatic heterocycles. The van der Waals surface area contributed by atoms with Gasteiger partial charge in [0.15, 0.2) is 0 Å². The molecule has 1 aromatic carbocycles. The molecule has 1 amide bonds. The summed E-state index contributed by atoms with van der Waals surface area (Å²) in [5.74, 6) is 0.563. The van der Waals surface area contributed by atoms with Gasteiger partial charge in [-0.1, -0.05) is 29.8 Å². The number of amides is 1. The van der Waals surface area contributed by atoms with Crippen molar-refractivity contribution in [3.63, 3.8) is 0 Å². The van der Waals surface area contributed by atoms with Crippen LogP contribution in [0.25, 0.3) is 5.78 Å². The number of aryl methyl sites for hydroxylation is 3. The Morgan fingerprint density at radius 1 is 1.17 bits per heavy atom. The molecule has 2 aromatic heterocycles. The lowest BCUT2D eigenvalue weighted by Crippen LogP contribution is -2.25. The molecule has 24 heavy (non-hydrogen) atoms. The lowest BCUT2D eigenvalue weighted by Gasteiger charge is -2.11. The van der Waals surface area contributed by atoms with Crippen LogP contribution in [0.1, 0.15) is 28.1 Å². The van der Waals surface area contributed by atoms with Crippen molar-refractivity contribution in [1.29, 1.82) is 0 Å². The van der Waals surface area contributed by atoms with Gasteiger partial charge in [-0.2, -0.15) is 9.50 Å². The summed E-state index contributed by atoms with van der Waals surface area (Å²) in [6.07, 6.45) is 0.242. The predicted molar refractivity (Wildman–Crippen MR) is 91.4 cm³/mol. The molecular weight excluding hydrogens is 304 g/mol. The average Bonchev–Trinajstić information content (AvgIpc) is 2.91. The van der Waals surface area contributed by atoms with Gasteiger partial charge >= 0.3 is 0 Å². The van der Waals surface area contributed by atoms with Crippen LogP contribution in [0.15, 0.2) is 24.3 Å². The Morgan fingerprint density at radius 2 is 1.88 bits per heavy atom. The minimum atomic E-state index is -0.0592. The van der Waals surface area contributed by atoms with Crippen molar-refractivity contribution in [2.75, 3.05) is 5.73 Å². The van der Waals surface area contributed by atoms with E-state index in [1.807, 2.05) is 45.0 Å². The molecule has 0 saturated heterocycles. The number of hydrogen-bond donors (Lipinski definition) is 2. The first kappa shape index (κ1) is 15.9. The molecule has 3 aromatic rings. The van der Waals surface area contributed by atoms with Crippen molar-refractivity contribution >= 4 is 17.6 Å². The predicted octanol–water partition coefficient (Wildman–Crippen LogP) is 1.49. The molecule has 3 N–H and O–H groups in total. The van der Waals surface area contributed by atoms with Crippen LogP contribution >= 0.6 is 0 Å². The normalized spacial score (nSPS) is 11.0. The number of carbonyl (C=O) groups is 1. The van der Waals surface area contributed by atoms with E-state index in [0.717, 1.165) is 22.5 Å². The Kier molecular flexibility index (Phi) is 4.16. The average molecular weight is 324 g/mol. The van der Waals surface area contributed by atoms with E-state index >= 15 is 0 Å². The number of carbonyl (C=O) groups excluding carboxylic acids is 1. The van der Waals surface area contributed by atoms with Crippen LogP contribution < -0.4 is 11.1 Å². The van der Waals surface area contributed by atoms with Crippen LogP contribution in [-0.2, 0) is 17.8 Å². The smallest absolute Gasteiger partial charge is 0.254 e. The van der Waals surface area contributed by atoms with Crippen molar-refractivity contribution in [1.82, 2.24) is 24.9 Å². The van der Waals surface area contributed by atoms with Gasteiger partial charge in [-0.25, -0.2) is 4.98 Å². The van der Waals surface area contributed by atoms with Gasteiger partial charge in [0.05, 0.1) is 6.42 Å². The molecule has 2 heterocycles. The Labute approximate surface area is 139 Å². The van der Waals surface area contributed by atoms with Gasteiger partial charge in [-0.05, 0) is 26.3 Å². The first-order valence-electron chi connectivity index (χ1n) is 7.74. The second-order valence-corrected chi connectivity index (χ2v) is 5.88. The van der Waals surface area contributed by atoms with E-state index in [0.29, 0.717) is 12.3 Å². The Bertz CT molecular complexity index is 898. The largest absolute Gasteiger partial charge is 0.366 e. The van der Waals surface area contributed by atoms with Gasteiger partial charge in [-0.15, -0.1) is 5.10 Å². The maximum Gasteiger partial charge on any atom is 0.254 e. The van der Waals surface area contributed by atoms with Crippen LogP contribution in [0.3, 0.4) is 0 Å². The second-order valence-electron chi connectivity index (χ2n) is 5.88. The molecule has 0 bridgehead atoms. The van der Waals surface area contributed by atoms with Crippen molar-refractivity contribution in [3.8, 4) is 0 Å². The van der Waals surface area contributed by atoms with Gasteiger partial charge in [0.2, 0.25) is 11.9 Å². The summed E-state index contributed by atoms with van der Waals surface area (Å²) in [7, 11) is 0. The third kappa shape index (κ3) is 3.19. The molecule has 7 heteroatoms. The Balaban J connectivity index is 1.74. The van der Waals surface area contributed by atoms with Crippen LogP contribution in [0.5, 0.6) is 0 Å². The first-order valence-corrected chi connectivity index (χ1v) is 7.74. The van der Waals surface area contributed by atoms with Gasteiger partial charge < -0.3 is 11.1 Å². The number of nitrogen functional groups attached to an aromatic ring is 1. The molecule has 0 fully saturated rings. The molecule has 7 nitrogen and oxygen atoms in total. The molecule has 0 aliphatic rings. The lowest BCUT2D eigenvalue weighted by molar-refractivity contribution is -0.120. The highest BCUT2D eigenvalue weighted by Gasteiger charge is 2.15. The summed E-state index contributed by atoms with van der Waals surface area (Å²) in [6.45, 7) is 6.29. The summed E-state index contributed by atoms with van der Waals surface area (Å²) in [6, 6.07) is 8.08. The number of nitrogens with one attached hydrogen (secondary N) is 1. The number of aromatic nitrogens is 4. The van der Waals surface area contributed by atoms with E-state index in [4.69, 9.17) is 5.73 Å². The SMILES string of the molecule is Cc1ccc(CNC(=O)Cc2c(C)nc3nc(N)nn3c2C)cc1. The Hall–Kier alpha value is -2.96. The fourth-order valence-corrected chi connectivity index (χ4v) is 2.61. The fraction of sp³-hybridized carbons (Fsp3) is 0.294. The number of hydrogen-bond acceptors (Lipinski definition) is 5. The van der Waals surface area contributed by atoms with Crippen molar-refractivity contribution in [2.24, 2.45) is 0 Å². The standard InChI is InChI=1S/C17H20N6O/c1-10-4-6-13(7-5-10)9-19-15(24)8-14-11(2)20-17-21-16(18)22-23(17)12(14)3/h4-7H,8-9H2,1-3H3,(H2,18,22)(H,19,24). The summed E-state index contributed by atoms with van der Waals surface area (Å²) in [5, 5.41) is 7.05. The van der Waals surface area contributed by atoms with Gasteiger partial charge in [0.1, 0.15) is 0 Å². The zero-order valence-corrected chi connectivity index (χ0v) is 14.0. The number of nitrogens with two attached hydrogens (primary N) is 1. The Morgan fingerprint density at radius 3 is 2.58 bits per heavy atom. The van der Waals surface area contributed by atoms with Gasteiger partial charge in [-0.3, -0.25) is 4.79 Å². The van der Waals surface area contributed by atoms with Crippen molar-refractivity contribution in [2.45, 2.75) is 33.7 Å². The van der Waals surface area contributed by atoms with E-state index in [1.54, 1.807) is 4.52 Å². The summed E-state index contributed by atoms with van der Waals surface area (Å²) in [5.41, 5.74) is 10.3. The zero-order chi connectivity index (χ0) is 17.3. The van der Waals surface area contributed by atoms with Gasteiger partial charge in [0, 0.05) is 23.5 Å². The molecular formula is C17H20N6O. The topological polar surface area (TPSA) is 98.2 Å². The molecule has 3 rings (SSSR count). The second kappa shape index (κ2) is 6.27. The molecule has 124 valence electrons. The monoisotopic (exact) mass is 324 g/mol. The molecule has 0 spiro atoms. The summed E-state index contributed by atoms with van der Waals surface area (Å²) < 4.78 is 1.57. The van der Waals surface area contributed by atoms with Crippen LogP contribution in [-0.4, -0.2) is 25.5 Å². The highest BCUT2D eigenvalue weighted by molar-refractivity contribution is 5.79. The van der Waals surface area contributed by atoms with Crippen LogP contribution in [0.2, 0.25) is 0 Å². The third-order valence-corrected chi connectivity index (χ3v) is 4.01. The highest BCUT2D eigenvalue weighted by Crippen LogP contribution is 2.15. The highest BCUT2D eigenvalue weighted by atomic mass is 16.1. The maximum absolute atomic E-state index is 12.3. The van der Waals surface area contributed by atoms with Crippen LogP contribution in [0, 0.1) is 20.8 Å². The number of fused-ring (bicyclic) bond motifs is 1. The zero-order valence-electron chi connectivity index (χ0n) is 14.0. The summed E-state index contributed by atoms with van der Waals surface area (Å²) >= 11 is 0. The number of benzene rings is 1. The maximum atomic E-state index is 12.3. The van der Waals surface area contributed by atoms with E-state index < -0.39 is 0 Å². The molecule has 0 radical (unpaired) electrons. The third-order valence-electron chi connectivity index (χ3n) is 4.01. The van der Waals surface area contributed by atoms with E-state index in [-0.39, 0.29) is 18.3 Å². The number of anilines is 1. The van der Waals surface area contributed by atoms with E-state index in [9.17, 15) is 4.79 Å². The van der Waals surface area contributed by atoms with E-state index in [2.05, 4.69) is 20.4 Å². The minimum absolute atomic E-state index is 0.0592.